The highest BCUT2D eigenvalue weighted by atomic mass is 16.6. The molecule has 0 spiro atoms. The van der Waals surface area contributed by atoms with Crippen LogP contribution in [0.5, 0.6) is 0 Å². The summed E-state index contributed by atoms with van der Waals surface area (Å²) < 4.78 is 28.0. The monoisotopic (exact) mass is 575 g/mol. The standard InChI is InChI=1S/C34H33N5O4/c1-33(42-21-27-15-9-4-10-16-27)31(41-20-26-13-7-3-8-14-26)29(22-40-19-25-11-5-2-6-12-25)43-34(33,23-35)30-18-17-28-32(36)37-24-38-39(28)30/h2-18,24,29,31H,19-22H2,1H3,(H2,36,37,38)/t29-,31-,33-,34+/m1/s1. The molecule has 218 valence electrons. The molecule has 1 aliphatic rings. The second-order valence-corrected chi connectivity index (χ2v) is 10.7. The van der Waals surface area contributed by atoms with Crippen LogP contribution in [0.1, 0.15) is 29.3 Å². The average molecular weight is 576 g/mol. The Labute approximate surface area is 250 Å². The fourth-order valence-electron chi connectivity index (χ4n) is 5.70. The number of fused-ring (bicyclic) bond motifs is 1. The molecular formula is C34H33N5O4. The normalized spacial score (nSPS) is 23.3. The molecular weight excluding hydrogens is 542 g/mol. The quantitative estimate of drug-likeness (QED) is 0.228. The fraction of sp³-hybridized carbons (Fsp3) is 0.265. The molecule has 4 atom stereocenters. The lowest BCUT2D eigenvalue weighted by atomic mass is 9.79. The summed E-state index contributed by atoms with van der Waals surface area (Å²) in [5.41, 5.74) is 7.22. The Hall–Kier alpha value is -4.59. The highest BCUT2D eigenvalue weighted by Crippen LogP contribution is 2.51. The van der Waals surface area contributed by atoms with E-state index in [0.717, 1.165) is 16.7 Å². The predicted octanol–water partition coefficient (Wildman–Crippen LogP) is 5.21. The number of nitriles is 1. The number of nitrogens with zero attached hydrogens (tertiary/aromatic N) is 4. The molecule has 0 saturated carbocycles. The molecule has 5 aromatic rings. The number of hydrogen-bond acceptors (Lipinski definition) is 8. The third-order valence-electron chi connectivity index (χ3n) is 7.96. The lowest BCUT2D eigenvalue weighted by molar-refractivity contribution is -0.168. The van der Waals surface area contributed by atoms with Gasteiger partial charge >= 0.3 is 0 Å². The van der Waals surface area contributed by atoms with Gasteiger partial charge in [-0.1, -0.05) is 91.0 Å². The van der Waals surface area contributed by atoms with Gasteiger partial charge in [0.05, 0.1) is 32.1 Å². The van der Waals surface area contributed by atoms with Crippen LogP contribution in [0, 0.1) is 11.3 Å². The van der Waals surface area contributed by atoms with Crippen molar-refractivity contribution in [1.82, 2.24) is 14.6 Å². The molecule has 9 heteroatoms. The third kappa shape index (κ3) is 5.49. The van der Waals surface area contributed by atoms with Gasteiger partial charge in [-0.25, -0.2) is 9.50 Å². The minimum atomic E-state index is -1.64. The Morgan fingerprint density at radius 2 is 1.47 bits per heavy atom. The second-order valence-electron chi connectivity index (χ2n) is 10.7. The first-order valence-electron chi connectivity index (χ1n) is 14.2. The minimum Gasteiger partial charge on any atom is -0.382 e. The van der Waals surface area contributed by atoms with E-state index in [-0.39, 0.29) is 13.2 Å². The van der Waals surface area contributed by atoms with Gasteiger partial charge in [0, 0.05) is 0 Å². The van der Waals surface area contributed by atoms with Crippen LogP contribution >= 0.6 is 0 Å². The molecule has 2 aromatic heterocycles. The smallest absolute Gasteiger partial charge is 0.228 e. The largest absolute Gasteiger partial charge is 0.382 e. The first-order chi connectivity index (χ1) is 21.0. The van der Waals surface area contributed by atoms with Crippen LogP contribution < -0.4 is 5.73 Å². The summed E-state index contributed by atoms with van der Waals surface area (Å²) in [6, 6.07) is 35.7. The summed E-state index contributed by atoms with van der Waals surface area (Å²) in [6.45, 7) is 2.94. The Kier molecular flexibility index (Phi) is 8.18. The average Bonchev–Trinajstić information content (AvgIpc) is 3.59. The third-order valence-corrected chi connectivity index (χ3v) is 7.96. The number of rotatable bonds is 11. The molecule has 0 amide bonds. The predicted molar refractivity (Wildman–Crippen MR) is 160 cm³/mol. The maximum atomic E-state index is 11.0. The van der Waals surface area contributed by atoms with Gasteiger partial charge in [0.2, 0.25) is 5.60 Å². The summed E-state index contributed by atoms with van der Waals surface area (Å²) in [5, 5.41) is 15.5. The maximum Gasteiger partial charge on any atom is 0.228 e. The molecule has 0 aliphatic carbocycles. The van der Waals surface area contributed by atoms with Gasteiger partial charge in [0.15, 0.2) is 5.82 Å². The summed E-state index contributed by atoms with van der Waals surface area (Å²) in [4.78, 5) is 4.12. The topological polar surface area (TPSA) is 117 Å². The van der Waals surface area contributed by atoms with E-state index in [0.29, 0.717) is 30.2 Å². The van der Waals surface area contributed by atoms with Crippen LogP contribution in [0.25, 0.3) is 5.52 Å². The zero-order chi connectivity index (χ0) is 29.7. The van der Waals surface area contributed by atoms with E-state index in [2.05, 4.69) is 16.2 Å². The Morgan fingerprint density at radius 1 is 0.860 bits per heavy atom. The molecule has 1 aliphatic heterocycles. The number of aromatic nitrogens is 3. The molecule has 1 saturated heterocycles. The van der Waals surface area contributed by atoms with Crippen molar-refractivity contribution in [2.24, 2.45) is 0 Å². The van der Waals surface area contributed by atoms with Crippen LogP contribution in [0.15, 0.2) is 109 Å². The van der Waals surface area contributed by atoms with Crippen molar-refractivity contribution in [2.75, 3.05) is 12.3 Å². The van der Waals surface area contributed by atoms with E-state index in [4.69, 9.17) is 24.7 Å². The zero-order valence-electron chi connectivity index (χ0n) is 23.9. The number of benzene rings is 3. The highest BCUT2D eigenvalue weighted by Gasteiger charge is 2.68. The summed E-state index contributed by atoms with van der Waals surface area (Å²) in [5.74, 6) is 0.291. The van der Waals surface area contributed by atoms with Gasteiger partial charge in [-0.3, -0.25) is 0 Å². The van der Waals surface area contributed by atoms with Crippen LogP contribution in [-0.4, -0.2) is 39.0 Å². The number of ether oxygens (including phenoxy) is 4. The number of hydrogen-bond donors (Lipinski definition) is 1. The highest BCUT2D eigenvalue weighted by molar-refractivity contribution is 5.66. The van der Waals surface area contributed by atoms with Crippen LogP contribution in [0.2, 0.25) is 0 Å². The Morgan fingerprint density at radius 3 is 2.09 bits per heavy atom. The molecule has 3 heterocycles. The van der Waals surface area contributed by atoms with Gasteiger partial charge in [-0.2, -0.15) is 10.4 Å². The summed E-state index contributed by atoms with van der Waals surface area (Å²) >= 11 is 0. The van der Waals surface area contributed by atoms with Crippen molar-refractivity contribution in [3.05, 3.63) is 132 Å². The summed E-state index contributed by atoms with van der Waals surface area (Å²) in [6.07, 6.45) is 0.00636. The second kappa shape index (κ2) is 12.3. The number of anilines is 1. The van der Waals surface area contributed by atoms with Crippen molar-refractivity contribution in [3.63, 3.8) is 0 Å². The van der Waals surface area contributed by atoms with E-state index >= 15 is 0 Å². The van der Waals surface area contributed by atoms with Crippen molar-refractivity contribution < 1.29 is 18.9 Å². The van der Waals surface area contributed by atoms with E-state index in [1.807, 2.05) is 97.9 Å². The molecule has 0 radical (unpaired) electrons. The van der Waals surface area contributed by atoms with Crippen molar-refractivity contribution in [1.29, 1.82) is 5.26 Å². The molecule has 3 aromatic carbocycles. The van der Waals surface area contributed by atoms with Gasteiger partial charge in [-0.05, 0) is 35.7 Å². The van der Waals surface area contributed by atoms with Crippen LogP contribution in [0.3, 0.4) is 0 Å². The van der Waals surface area contributed by atoms with E-state index in [9.17, 15) is 5.26 Å². The minimum absolute atomic E-state index is 0.169. The van der Waals surface area contributed by atoms with Crippen molar-refractivity contribution in [3.8, 4) is 6.07 Å². The molecule has 9 nitrogen and oxygen atoms in total. The first kappa shape index (κ1) is 28.5. The molecule has 6 rings (SSSR count). The van der Waals surface area contributed by atoms with Gasteiger partial charge in [0.1, 0.15) is 35.7 Å². The Balaban J connectivity index is 1.41. The maximum absolute atomic E-state index is 11.0. The molecule has 0 bridgehead atoms. The lowest BCUT2D eigenvalue weighted by Gasteiger charge is -2.39. The van der Waals surface area contributed by atoms with Crippen molar-refractivity contribution in [2.45, 2.75) is 50.2 Å². The molecule has 43 heavy (non-hydrogen) atoms. The number of nitrogen functional groups attached to an aromatic ring is 1. The Bertz CT molecular complexity index is 1690. The van der Waals surface area contributed by atoms with Gasteiger partial charge < -0.3 is 24.7 Å². The first-order valence-corrected chi connectivity index (χ1v) is 14.2. The molecule has 0 unspecified atom stereocenters. The number of nitrogens with two attached hydrogens (primary N) is 1. The molecule has 2 N–H and O–H groups in total. The van der Waals surface area contributed by atoms with E-state index in [1.54, 1.807) is 16.6 Å². The van der Waals surface area contributed by atoms with E-state index < -0.39 is 23.4 Å². The van der Waals surface area contributed by atoms with Crippen molar-refractivity contribution >= 4 is 11.3 Å². The fourth-order valence-corrected chi connectivity index (χ4v) is 5.70. The SMILES string of the molecule is C[C@@]1(OCc2ccccc2)[C@H](OCc2ccccc2)[C@@H](COCc2ccccc2)O[C@@]1(C#N)c1ccc2c(N)ncnn12. The van der Waals surface area contributed by atoms with Crippen LogP contribution in [-0.2, 0) is 44.4 Å². The van der Waals surface area contributed by atoms with Gasteiger partial charge in [-0.15, -0.1) is 0 Å². The van der Waals surface area contributed by atoms with E-state index in [1.165, 1.54) is 6.33 Å². The molecule has 1 fully saturated rings. The zero-order valence-corrected chi connectivity index (χ0v) is 23.9. The van der Waals surface area contributed by atoms with Crippen LogP contribution in [0.4, 0.5) is 5.82 Å². The lowest BCUT2D eigenvalue weighted by Crippen LogP contribution is -2.55. The van der Waals surface area contributed by atoms with Gasteiger partial charge in [0.25, 0.3) is 0 Å². The summed E-state index contributed by atoms with van der Waals surface area (Å²) in [7, 11) is 0.